The zero-order valence-corrected chi connectivity index (χ0v) is 37.2. The van der Waals surface area contributed by atoms with Crippen LogP contribution < -0.4 is 0 Å². The van der Waals surface area contributed by atoms with E-state index in [1.165, 1.54) is 5.39 Å². The molecule has 14 aromatic rings. The van der Waals surface area contributed by atoms with Gasteiger partial charge in [0.1, 0.15) is 0 Å². The van der Waals surface area contributed by atoms with Crippen molar-refractivity contribution >= 4 is 65.6 Å². The quantitative estimate of drug-likeness (QED) is 0.160. The van der Waals surface area contributed by atoms with Gasteiger partial charge in [-0.15, -0.1) is 0 Å². The Kier molecular flexibility index (Phi) is 8.79. The lowest BCUT2D eigenvalue weighted by Crippen LogP contribution is -2.01. The van der Waals surface area contributed by atoms with Gasteiger partial charge in [-0.3, -0.25) is 0 Å². The Hall–Kier alpha value is -9.39. The van der Waals surface area contributed by atoms with Gasteiger partial charge >= 0.3 is 0 Å². The van der Waals surface area contributed by atoms with Gasteiger partial charge < -0.3 is 13.6 Å². The minimum Gasteiger partial charge on any atom is -0.452 e. The molecule has 6 heteroatoms. The van der Waals surface area contributed by atoms with Gasteiger partial charge in [-0.1, -0.05) is 188 Å². The first-order valence-electron chi connectivity index (χ1n) is 23.3. The Bertz CT molecular complexity index is 4300. The van der Waals surface area contributed by atoms with Crippen molar-refractivity contribution in [3.05, 3.63) is 237 Å². The standard InChI is InChI=1S/C63H39N5O/c1-4-18-40(19-5-1)43-24-16-25-44(38-43)62-64-61(42-22-8-3-9-23-42)65-63(66-62)45-26-17-27-46(39-45)67-55-32-14-11-29-48(55)50-34-36-52-53-37-35-51-49-30-12-15-33-56(49)68(58(51)60(53)69-59(52)57(50)67)54-31-13-10-28-47(54)41-20-6-2-7-21-41/h1-39H. The summed E-state index contributed by atoms with van der Waals surface area (Å²) < 4.78 is 12.2. The van der Waals surface area contributed by atoms with Crippen LogP contribution in [0.15, 0.2) is 241 Å². The maximum Gasteiger partial charge on any atom is 0.164 e. The molecule has 0 radical (unpaired) electrons. The SMILES string of the molecule is c1ccc(-c2cccc(-c3nc(-c4ccccc4)nc(-c4cccc(-n5c6ccccc6c6ccc7c8ccc9c%10ccccc%10n(-c%10ccccc%10-c%10ccccc%10)c9c8oc7c65)c4)n3)c2)cc1. The summed E-state index contributed by atoms with van der Waals surface area (Å²) in [5.74, 6) is 1.81. The molecule has 0 amide bonds. The van der Waals surface area contributed by atoms with E-state index < -0.39 is 0 Å². The average Bonchev–Trinajstić information content (AvgIpc) is 4.10. The highest BCUT2D eigenvalue weighted by Crippen LogP contribution is 2.45. The molecule has 0 bridgehead atoms. The van der Waals surface area contributed by atoms with Crippen LogP contribution in [-0.4, -0.2) is 24.1 Å². The summed E-state index contributed by atoms with van der Waals surface area (Å²) in [7, 11) is 0. The summed E-state index contributed by atoms with van der Waals surface area (Å²) in [4.78, 5) is 15.5. The molecular weight excluding hydrogens is 843 g/mol. The summed E-state index contributed by atoms with van der Waals surface area (Å²) in [6.07, 6.45) is 0. The zero-order chi connectivity index (χ0) is 45.4. The molecule has 0 saturated carbocycles. The Labute approximate surface area is 396 Å². The predicted octanol–water partition coefficient (Wildman–Crippen LogP) is 16.3. The number of hydrogen-bond donors (Lipinski definition) is 0. The Morgan fingerprint density at radius 3 is 1.39 bits per heavy atom. The van der Waals surface area contributed by atoms with Gasteiger partial charge in [-0.05, 0) is 65.2 Å². The first kappa shape index (κ1) is 38.8. The lowest BCUT2D eigenvalue weighted by atomic mass is 10.0. The average molecular weight is 882 g/mol. The molecule has 0 unspecified atom stereocenters. The number of fused-ring (bicyclic) bond motifs is 11. The Morgan fingerprint density at radius 2 is 0.739 bits per heavy atom. The van der Waals surface area contributed by atoms with Crippen molar-refractivity contribution in [2.45, 2.75) is 0 Å². The topological polar surface area (TPSA) is 61.7 Å². The number of rotatable bonds is 7. The molecule has 6 nitrogen and oxygen atoms in total. The van der Waals surface area contributed by atoms with E-state index in [2.05, 4.69) is 209 Å². The highest BCUT2D eigenvalue weighted by atomic mass is 16.3. The van der Waals surface area contributed by atoms with Gasteiger partial charge in [0.2, 0.25) is 0 Å². The molecule has 0 aliphatic carbocycles. The summed E-state index contributed by atoms with van der Waals surface area (Å²) in [6, 6.07) is 83.1. The summed E-state index contributed by atoms with van der Waals surface area (Å²) in [5.41, 5.74) is 15.2. The largest absolute Gasteiger partial charge is 0.452 e. The molecule has 322 valence electrons. The van der Waals surface area contributed by atoms with Crippen LogP contribution in [0.5, 0.6) is 0 Å². The van der Waals surface area contributed by atoms with Crippen molar-refractivity contribution in [1.82, 2.24) is 24.1 Å². The monoisotopic (exact) mass is 881 g/mol. The van der Waals surface area contributed by atoms with E-state index in [4.69, 9.17) is 19.4 Å². The van der Waals surface area contributed by atoms with Crippen LogP contribution in [0.3, 0.4) is 0 Å². The fraction of sp³-hybridized carbons (Fsp3) is 0. The van der Waals surface area contributed by atoms with Crippen LogP contribution in [0.1, 0.15) is 0 Å². The third-order valence-electron chi connectivity index (χ3n) is 13.6. The number of hydrogen-bond acceptors (Lipinski definition) is 4. The van der Waals surface area contributed by atoms with Crippen molar-refractivity contribution in [2.75, 3.05) is 0 Å². The number of para-hydroxylation sites is 3. The molecule has 10 aromatic carbocycles. The van der Waals surface area contributed by atoms with E-state index in [1.54, 1.807) is 0 Å². The first-order valence-corrected chi connectivity index (χ1v) is 23.3. The molecule has 0 atom stereocenters. The molecule has 0 aliphatic rings. The molecule has 0 saturated heterocycles. The van der Waals surface area contributed by atoms with Gasteiger partial charge in [0.15, 0.2) is 28.6 Å². The number of aromatic nitrogens is 5. The van der Waals surface area contributed by atoms with E-state index in [9.17, 15) is 0 Å². The van der Waals surface area contributed by atoms with E-state index in [-0.39, 0.29) is 0 Å². The Morgan fingerprint density at radius 1 is 0.290 bits per heavy atom. The highest BCUT2D eigenvalue weighted by Gasteiger charge is 2.24. The Balaban J connectivity index is 0.997. The molecule has 4 heterocycles. The van der Waals surface area contributed by atoms with Crippen LogP contribution in [0, 0.1) is 0 Å². The van der Waals surface area contributed by atoms with Crippen LogP contribution in [0.4, 0.5) is 0 Å². The van der Waals surface area contributed by atoms with Gasteiger partial charge in [-0.2, -0.15) is 0 Å². The van der Waals surface area contributed by atoms with E-state index >= 15 is 0 Å². The third-order valence-corrected chi connectivity index (χ3v) is 13.6. The zero-order valence-electron chi connectivity index (χ0n) is 37.2. The molecule has 0 N–H and O–H groups in total. The van der Waals surface area contributed by atoms with Crippen molar-refractivity contribution in [3.8, 4) is 67.8 Å². The maximum absolute atomic E-state index is 7.42. The molecule has 0 spiro atoms. The van der Waals surface area contributed by atoms with Crippen molar-refractivity contribution in [2.24, 2.45) is 0 Å². The smallest absolute Gasteiger partial charge is 0.164 e. The molecule has 0 aliphatic heterocycles. The predicted molar refractivity (Wildman–Crippen MR) is 283 cm³/mol. The van der Waals surface area contributed by atoms with Crippen molar-refractivity contribution in [1.29, 1.82) is 0 Å². The fourth-order valence-corrected chi connectivity index (χ4v) is 10.4. The van der Waals surface area contributed by atoms with Crippen LogP contribution in [-0.2, 0) is 0 Å². The second-order valence-corrected chi connectivity index (χ2v) is 17.5. The van der Waals surface area contributed by atoms with Crippen LogP contribution in [0.25, 0.3) is 133 Å². The molecule has 0 fully saturated rings. The minimum absolute atomic E-state index is 0.589. The second kappa shape index (κ2) is 15.6. The number of nitrogens with zero attached hydrogens (tertiary/aromatic N) is 5. The molecular formula is C63H39N5O. The minimum atomic E-state index is 0.589. The summed E-state index contributed by atoms with van der Waals surface area (Å²) >= 11 is 0. The van der Waals surface area contributed by atoms with Crippen molar-refractivity contribution < 1.29 is 4.42 Å². The van der Waals surface area contributed by atoms with E-state index in [1.807, 2.05) is 36.4 Å². The van der Waals surface area contributed by atoms with Crippen molar-refractivity contribution in [3.63, 3.8) is 0 Å². The summed E-state index contributed by atoms with van der Waals surface area (Å²) in [5, 5.41) is 6.69. The molecule has 14 rings (SSSR count). The van der Waals surface area contributed by atoms with Gasteiger partial charge in [-0.25, -0.2) is 15.0 Å². The lowest BCUT2D eigenvalue weighted by molar-refractivity contribution is 0.673. The van der Waals surface area contributed by atoms with Crippen LogP contribution in [0.2, 0.25) is 0 Å². The van der Waals surface area contributed by atoms with Gasteiger partial charge in [0, 0.05) is 60.3 Å². The van der Waals surface area contributed by atoms with Crippen LogP contribution >= 0.6 is 0 Å². The van der Waals surface area contributed by atoms with E-state index in [0.717, 1.165) is 110 Å². The highest BCUT2D eigenvalue weighted by molar-refractivity contribution is 6.26. The summed E-state index contributed by atoms with van der Waals surface area (Å²) in [6.45, 7) is 0. The third kappa shape index (κ3) is 6.23. The van der Waals surface area contributed by atoms with E-state index in [0.29, 0.717) is 17.5 Å². The maximum atomic E-state index is 7.42. The molecule has 4 aromatic heterocycles. The molecule has 69 heavy (non-hydrogen) atoms. The second-order valence-electron chi connectivity index (χ2n) is 17.5. The number of benzene rings is 10. The fourth-order valence-electron chi connectivity index (χ4n) is 10.4. The first-order chi connectivity index (χ1) is 34.2. The van der Waals surface area contributed by atoms with Gasteiger partial charge in [0.05, 0.1) is 27.8 Å². The lowest BCUT2D eigenvalue weighted by Gasteiger charge is -2.14. The normalized spacial score (nSPS) is 11.8. The number of furan rings is 1. The van der Waals surface area contributed by atoms with Gasteiger partial charge in [0.25, 0.3) is 0 Å².